The minimum atomic E-state index is -2.62. The number of anilines is 1. The number of alkyl halides is 2. The molecule has 1 saturated heterocycles. The van der Waals surface area contributed by atoms with Crippen LogP contribution in [0.2, 0.25) is 0 Å². The molecule has 0 amide bonds. The summed E-state index contributed by atoms with van der Waals surface area (Å²) in [6.07, 6.45) is 6.69. The van der Waals surface area contributed by atoms with E-state index in [2.05, 4.69) is 30.2 Å². The standard InChI is InChI=1S/C21H19F2N9/c1-31-11-12(9-26-31)15-8-13-16(10-25-15)29-30-17(13)19-27-14-2-5-24-20(18(14)28-19)32-6-3-21(22,23)4-7-32/h2,5,8-11H,3-4,6-7H2,1H3,(H,27,28)(H,29,30). The first-order valence-electron chi connectivity index (χ1n) is 10.3. The number of nitrogens with one attached hydrogen (secondary N) is 2. The number of aromatic nitrogens is 8. The molecule has 0 atom stereocenters. The number of piperidine rings is 1. The maximum absolute atomic E-state index is 13.6. The summed E-state index contributed by atoms with van der Waals surface area (Å²) in [5.41, 5.74) is 4.54. The lowest BCUT2D eigenvalue weighted by atomic mass is 10.1. The molecule has 6 heterocycles. The SMILES string of the molecule is Cn1cc(-c2cc3c(-c4nc5c(N6CCC(F)(F)CC6)nccc5[nH]4)n[nH]c3cn2)cn1. The summed E-state index contributed by atoms with van der Waals surface area (Å²) in [7, 11) is 1.86. The van der Waals surface area contributed by atoms with Crippen molar-refractivity contribution in [2.75, 3.05) is 18.0 Å². The second-order valence-electron chi connectivity index (χ2n) is 8.05. The third-order valence-corrected chi connectivity index (χ3v) is 5.85. The van der Waals surface area contributed by atoms with Gasteiger partial charge < -0.3 is 9.88 Å². The van der Waals surface area contributed by atoms with E-state index in [4.69, 9.17) is 4.98 Å². The summed E-state index contributed by atoms with van der Waals surface area (Å²) in [5.74, 6) is -1.43. The molecule has 0 spiro atoms. The molecule has 11 heteroatoms. The van der Waals surface area contributed by atoms with Crippen molar-refractivity contribution >= 4 is 27.8 Å². The molecule has 1 aliphatic rings. The average Bonchev–Trinajstić information content (AvgIpc) is 3.50. The highest BCUT2D eigenvalue weighted by Crippen LogP contribution is 2.34. The predicted molar refractivity (Wildman–Crippen MR) is 115 cm³/mol. The highest BCUT2D eigenvalue weighted by molar-refractivity contribution is 5.96. The van der Waals surface area contributed by atoms with E-state index in [1.165, 1.54) is 0 Å². The fraction of sp³-hybridized carbons (Fsp3) is 0.286. The van der Waals surface area contributed by atoms with Crippen LogP contribution in [0, 0.1) is 0 Å². The number of fused-ring (bicyclic) bond motifs is 2. The summed E-state index contributed by atoms with van der Waals surface area (Å²) in [6, 6.07) is 3.77. The van der Waals surface area contributed by atoms with Gasteiger partial charge in [-0.05, 0) is 12.1 Å². The maximum Gasteiger partial charge on any atom is 0.251 e. The van der Waals surface area contributed by atoms with Crippen LogP contribution in [-0.2, 0) is 7.05 Å². The number of hydrogen-bond acceptors (Lipinski definition) is 6. The van der Waals surface area contributed by atoms with Gasteiger partial charge in [0.25, 0.3) is 5.92 Å². The zero-order chi connectivity index (χ0) is 21.9. The van der Waals surface area contributed by atoms with Crippen molar-refractivity contribution in [2.24, 2.45) is 7.05 Å². The van der Waals surface area contributed by atoms with Crippen molar-refractivity contribution in [2.45, 2.75) is 18.8 Å². The van der Waals surface area contributed by atoms with Crippen LogP contribution >= 0.6 is 0 Å². The van der Waals surface area contributed by atoms with Crippen LogP contribution in [0.25, 0.3) is 44.7 Å². The molecule has 0 aliphatic carbocycles. The van der Waals surface area contributed by atoms with Gasteiger partial charge in [-0.15, -0.1) is 0 Å². The molecule has 5 aromatic rings. The molecule has 0 aromatic carbocycles. The Bertz CT molecular complexity index is 1440. The van der Waals surface area contributed by atoms with Gasteiger partial charge in [0.1, 0.15) is 11.2 Å². The maximum atomic E-state index is 13.6. The van der Waals surface area contributed by atoms with Crippen LogP contribution in [0.3, 0.4) is 0 Å². The summed E-state index contributed by atoms with van der Waals surface area (Å²) < 4.78 is 28.9. The van der Waals surface area contributed by atoms with E-state index in [1.807, 2.05) is 30.3 Å². The van der Waals surface area contributed by atoms with Crippen LogP contribution in [0.15, 0.2) is 36.9 Å². The van der Waals surface area contributed by atoms with Gasteiger partial charge in [-0.2, -0.15) is 10.2 Å². The Hall–Kier alpha value is -3.89. The van der Waals surface area contributed by atoms with E-state index in [9.17, 15) is 8.78 Å². The Labute approximate surface area is 180 Å². The Morgan fingerprint density at radius 1 is 1.09 bits per heavy atom. The number of aromatic amines is 2. The Morgan fingerprint density at radius 2 is 1.94 bits per heavy atom. The van der Waals surface area contributed by atoms with Gasteiger partial charge >= 0.3 is 0 Å². The topological polar surface area (TPSA) is 104 Å². The number of halogens is 2. The van der Waals surface area contributed by atoms with E-state index < -0.39 is 5.92 Å². The molecule has 0 unspecified atom stereocenters. The van der Waals surface area contributed by atoms with E-state index >= 15 is 0 Å². The lowest BCUT2D eigenvalue weighted by molar-refractivity contribution is -0.0221. The van der Waals surface area contributed by atoms with Crippen molar-refractivity contribution in [3.63, 3.8) is 0 Å². The Balaban J connectivity index is 1.42. The number of pyridine rings is 2. The number of H-pyrrole nitrogens is 2. The van der Waals surface area contributed by atoms with E-state index in [-0.39, 0.29) is 25.9 Å². The van der Waals surface area contributed by atoms with Crippen molar-refractivity contribution in [3.8, 4) is 22.8 Å². The first-order valence-corrected chi connectivity index (χ1v) is 10.3. The monoisotopic (exact) mass is 435 g/mol. The van der Waals surface area contributed by atoms with E-state index in [0.717, 1.165) is 27.7 Å². The number of imidazole rings is 1. The molecule has 9 nitrogen and oxygen atoms in total. The molecule has 32 heavy (non-hydrogen) atoms. The molecule has 0 radical (unpaired) electrons. The van der Waals surface area contributed by atoms with Crippen molar-refractivity contribution in [1.82, 2.24) is 39.9 Å². The van der Waals surface area contributed by atoms with Crippen LogP contribution in [-0.4, -0.2) is 58.9 Å². The molecule has 0 saturated carbocycles. The summed E-state index contributed by atoms with van der Waals surface area (Å²) in [5, 5.41) is 12.5. The molecule has 1 fully saturated rings. The average molecular weight is 435 g/mol. The number of hydrogen-bond donors (Lipinski definition) is 2. The van der Waals surface area contributed by atoms with Crippen LogP contribution in [0.5, 0.6) is 0 Å². The smallest absolute Gasteiger partial charge is 0.251 e. The predicted octanol–water partition coefficient (Wildman–Crippen LogP) is 3.53. The molecule has 162 valence electrons. The largest absolute Gasteiger partial charge is 0.354 e. The van der Waals surface area contributed by atoms with Gasteiger partial charge in [-0.3, -0.25) is 14.8 Å². The van der Waals surface area contributed by atoms with E-state index in [1.54, 1.807) is 23.3 Å². The minimum absolute atomic E-state index is 0.184. The second-order valence-corrected chi connectivity index (χ2v) is 8.05. The van der Waals surface area contributed by atoms with Gasteiger partial charge in [0, 0.05) is 56.3 Å². The lowest BCUT2D eigenvalue weighted by Crippen LogP contribution is -2.39. The Morgan fingerprint density at radius 3 is 2.72 bits per heavy atom. The molecular weight excluding hydrogens is 416 g/mol. The Kier molecular flexibility index (Phi) is 4.01. The van der Waals surface area contributed by atoms with Crippen molar-refractivity contribution < 1.29 is 8.78 Å². The quantitative estimate of drug-likeness (QED) is 0.449. The first kappa shape index (κ1) is 18.8. The van der Waals surface area contributed by atoms with E-state index in [0.29, 0.717) is 22.9 Å². The fourth-order valence-electron chi connectivity index (χ4n) is 4.12. The molecule has 1 aliphatic heterocycles. The molecular formula is C21H19F2N9. The summed E-state index contributed by atoms with van der Waals surface area (Å²) in [4.78, 5) is 18.9. The van der Waals surface area contributed by atoms with Crippen LogP contribution in [0.4, 0.5) is 14.6 Å². The van der Waals surface area contributed by atoms with Gasteiger partial charge in [-0.1, -0.05) is 0 Å². The molecule has 2 N–H and O–H groups in total. The fourth-order valence-corrected chi connectivity index (χ4v) is 4.12. The molecule has 5 aromatic heterocycles. The first-order chi connectivity index (χ1) is 15.5. The van der Waals surface area contributed by atoms with Crippen molar-refractivity contribution in [3.05, 3.63) is 36.9 Å². The highest BCUT2D eigenvalue weighted by atomic mass is 19.3. The van der Waals surface area contributed by atoms with Crippen LogP contribution < -0.4 is 4.90 Å². The van der Waals surface area contributed by atoms with Gasteiger partial charge in [0.05, 0.1) is 29.1 Å². The lowest BCUT2D eigenvalue weighted by Gasteiger charge is -2.32. The summed E-state index contributed by atoms with van der Waals surface area (Å²) >= 11 is 0. The van der Waals surface area contributed by atoms with Gasteiger partial charge in [-0.25, -0.2) is 18.7 Å². The number of rotatable bonds is 3. The second kappa shape index (κ2) is 6.81. The van der Waals surface area contributed by atoms with Gasteiger partial charge in [0.2, 0.25) is 0 Å². The van der Waals surface area contributed by atoms with Gasteiger partial charge in [0.15, 0.2) is 11.6 Å². The minimum Gasteiger partial charge on any atom is -0.354 e. The number of nitrogens with zero attached hydrogens (tertiary/aromatic N) is 7. The van der Waals surface area contributed by atoms with Crippen molar-refractivity contribution in [1.29, 1.82) is 0 Å². The third-order valence-electron chi connectivity index (χ3n) is 5.85. The molecule has 0 bridgehead atoms. The summed E-state index contributed by atoms with van der Waals surface area (Å²) in [6.45, 7) is 0.486. The van der Waals surface area contributed by atoms with Crippen LogP contribution in [0.1, 0.15) is 12.8 Å². The normalized spacial score (nSPS) is 16.3. The zero-order valence-corrected chi connectivity index (χ0v) is 17.2. The zero-order valence-electron chi connectivity index (χ0n) is 17.2. The number of aryl methyl sites for hydroxylation is 1. The highest BCUT2D eigenvalue weighted by Gasteiger charge is 2.35. The third kappa shape index (κ3) is 3.08. The molecule has 6 rings (SSSR count).